The van der Waals surface area contributed by atoms with E-state index in [4.69, 9.17) is 13.8 Å². The molecule has 3 aliphatic heterocycles. The average Bonchev–Trinajstić information content (AvgIpc) is 3.54. The van der Waals surface area contributed by atoms with E-state index in [0.717, 1.165) is 25.0 Å². The van der Waals surface area contributed by atoms with E-state index in [2.05, 4.69) is 21.3 Å². The lowest BCUT2D eigenvalue weighted by molar-refractivity contribution is -0.515. The molecule has 0 aromatic rings. The number of alkyl carbamates (subject to hydrolysis) is 1. The number of amides is 4. The molecule has 3 heterocycles. The normalized spacial score (nSPS) is 27.9. The second-order valence-corrected chi connectivity index (χ2v) is 13.7. The first-order chi connectivity index (χ1) is 18.6. The quantitative estimate of drug-likeness (QED) is 0.0692. The molecule has 39 heavy (non-hydrogen) atoms. The maximum atomic E-state index is 13.4. The molecule has 13 nitrogen and oxygen atoms in total. The van der Waals surface area contributed by atoms with Crippen LogP contribution in [0.2, 0.25) is 0 Å². The number of thioether (sulfide) groups is 1. The van der Waals surface area contributed by atoms with Gasteiger partial charge in [-0.25, -0.2) is 9.59 Å². The number of carbonyl (C=O) groups is 3. The molecule has 222 valence electrons. The predicted octanol–water partition coefficient (Wildman–Crippen LogP) is 2.53. The van der Waals surface area contributed by atoms with Gasteiger partial charge in [0.25, 0.3) is 5.28 Å². The molecule has 4 N–H and O–H groups in total. The highest BCUT2D eigenvalue weighted by atomic mass is 32.2. The number of ether oxygens (including phenoxy) is 1. The third kappa shape index (κ3) is 7.80. The first-order valence-corrected chi connectivity index (χ1v) is 16.3. The Morgan fingerprint density at radius 3 is 2.62 bits per heavy atom. The van der Waals surface area contributed by atoms with Gasteiger partial charge < -0.3 is 40.3 Å². The van der Waals surface area contributed by atoms with Crippen molar-refractivity contribution < 1.29 is 37.5 Å². The van der Waals surface area contributed by atoms with Gasteiger partial charge in [-0.05, 0) is 33.1 Å². The van der Waals surface area contributed by atoms with Crippen LogP contribution in [0.25, 0.3) is 0 Å². The van der Waals surface area contributed by atoms with Crippen LogP contribution >= 0.6 is 19.4 Å². The highest BCUT2D eigenvalue weighted by Crippen LogP contribution is 2.64. The summed E-state index contributed by atoms with van der Waals surface area (Å²) in [6, 6.07) is 0.311. The number of hydroxylamine groups is 1. The van der Waals surface area contributed by atoms with E-state index in [1.807, 2.05) is 11.8 Å². The van der Waals surface area contributed by atoms with E-state index in [1.165, 1.54) is 13.1 Å². The minimum absolute atomic E-state index is 0.0303. The third-order valence-corrected chi connectivity index (χ3v) is 11.7. The molecule has 0 saturated carbocycles. The van der Waals surface area contributed by atoms with Crippen LogP contribution in [-0.2, 0) is 23.1 Å². The number of rotatable bonds is 16. The topological polar surface area (TPSA) is 170 Å². The van der Waals surface area contributed by atoms with Crippen molar-refractivity contribution in [2.24, 2.45) is 5.92 Å². The lowest BCUT2D eigenvalue weighted by Gasteiger charge is -2.34. The molecule has 3 rings (SSSR count). The molecule has 0 aromatic heterocycles. The molecule has 2 fully saturated rings. The maximum absolute atomic E-state index is 13.4. The van der Waals surface area contributed by atoms with Crippen molar-refractivity contribution in [3.63, 3.8) is 0 Å². The summed E-state index contributed by atoms with van der Waals surface area (Å²) in [7, 11) is -3.80. The number of unbranched alkanes of at least 4 members (excludes halogenated alkanes) is 1. The predicted molar refractivity (Wildman–Crippen MR) is 148 cm³/mol. The van der Waals surface area contributed by atoms with Crippen LogP contribution in [0.15, 0.2) is 0 Å². The van der Waals surface area contributed by atoms with E-state index < -0.39 is 24.9 Å². The van der Waals surface area contributed by atoms with Gasteiger partial charge in [-0.2, -0.15) is 16.5 Å². The molecule has 0 aromatic carbocycles. The highest BCUT2D eigenvalue weighted by molar-refractivity contribution is 8.00. The maximum Gasteiger partial charge on any atom is 0.407 e. The van der Waals surface area contributed by atoms with E-state index >= 15 is 0 Å². The molecule has 0 spiro atoms. The summed E-state index contributed by atoms with van der Waals surface area (Å²) in [5, 5.41) is 22.9. The van der Waals surface area contributed by atoms with E-state index in [9.17, 15) is 24.2 Å². The Balaban J connectivity index is 1.26. The highest BCUT2D eigenvalue weighted by Gasteiger charge is 2.63. The Morgan fingerprint density at radius 2 is 1.90 bits per heavy atom. The summed E-state index contributed by atoms with van der Waals surface area (Å²) >= 11 is 1.87. The van der Waals surface area contributed by atoms with Crippen molar-refractivity contribution in [2.45, 2.75) is 81.9 Å². The lowest BCUT2D eigenvalue weighted by atomic mass is 10.0. The SMILES string of the molecule is CCOP(=O)(OCC)C1(C)C(COC(=O)NCCCNC(=O)CCCCC2SCC3NC(=O)NC32)CC=[N+]1[O-]. The minimum atomic E-state index is -3.80. The van der Waals surface area contributed by atoms with Crippen LogP contribution in [-0.4, -0.2) is 90.3 Å². The lowest BCUT2D eigenvalue weighted by Crippen LogP contribution is -2.43. The Kier molecular flexibility index (Phi) is 11.8. The van der Waals surface area contributed by atoms with Crippen molar-refractivity contribution in [1.29, 1.82) is 0 Å². The summed E-state index contributed by atoms with van der Waals surface area (Å²) in [6.07, 6.45) is 4.62. The number of urea groups is 1. The van der Waals surface area contributed by atoms with Crippen molar-refractivity contribution in [3.8, 4) is 0 Å². The van der Waals surface area contributed by atoms with Gasteiger partial charge in [0.2, 0.25) is 5.91 Å². The first-order valence-electron chi connectivity index (χ1n) is 13.7. The fourth-order valence-corrected chi connectivity index (χ4v) is 8.89. The molecule has 3 aliphatic rings. The molecule has 5 atom stereocenters. The Labute approximate surface area is 234 Å². The number of carbonyl (C=O) groups excluding carboxylic acids is 3. The van der Waals surface area contributed by atoms with Gasteiger partial charge >= 0.3 is 19.7 Å². The number of hydrogen-bond donors (Lipinski definition) is 4. The molecular formula is C24H42N5O8PS. The van der Waals surface area contributed by atoms with Crippen molar-refractivity contribution in [1.82, 2.24) is 21.3 Å². The summed E-state index contributed by atoms with van der Waals surface area (Å²) in [5.74, 6) is 0.334. The number of nitrogens with one attached hydrogen (secondary N) is 4. The number of fused-ring (bicyclic) bond motifs is 1. The Bertz CT molecular complexity index is 945. The van der Waals surface area contributed by atoms with Crippen molar-refractivity contribution >= 4 is 43.6 Å². The molecule has 0 aliphatic carbocycles. The van der Waals surface area contributed by atoms with Gasteiger partial charge in [0, 0.05) is 43.9 Å². The summed E-state index contributed by atoms with van der Waals surface area (Å²) in [6.45, 7) is 5.69. The molecule has 15 heteroatoms. The molecule has 5 unspecified atom stereocenters. The number of nitrogens with zero attached hydrogens (tertiary/aromatic N) is 1. The molecule has 0 bridgehead atoms. The molecule has 2 saturated heterocycles. The second kappa shape index (κ2) is 14.6. The zero-order valence-electron chi connectivity index (χ0n) is 22.9. The van der Waals surface area contributed by atoms with Crippen LogP contribution in [0.5, 0.6) is 0 Å². The van der Waals surface area contributed by atoms with Crippen LogP contribution < -0.4 is 21.3 Å². The zero-order valence-corrected chi connectivity index (χ0v) is 24.7. The second-order valence-electron chi connectivity index (χ2n) is 9.96. The summed E-state index contributed by atoms with van der Waals surface area (Å²) in [5.41, 5.74) is 0. The average molecular weight is 592 g/mol. The van der Waals surface area contributed by atoms with Gasteiger partial charge in [-0.1, -0.05) is 6.42 Å². The van der Waals surface area contributed by atoms with Crippen LogP contribution in [0.1, 0.15) is 59.3 Å². The van der Waals surface area contributed by atoms with Crippen molar-refractivity contribution in [2.75, 3.05) is 38.7 Å². The smallest absolute Gasteiger partial charge is 0.407 e. The van der Waals surface area contributed by atoms with Crippen LogP contribution in [0.4, 0.5) is 9.59 Å². The Morgan fingerprint density at radius 1 is 1.18 bits per heavy atom. The standard InChI is InChI=1S/C24H42N5O8PS/c1-4-36-38(34,37-5-2)24(3)17(11-14-29(24)33)15-35-23(32)26-13-8-12-25-20(30)10-7-6-9-19-21-18(16-39-19)27-22(31)28-21/h14,17-19,21H,4-13,15-16H2,1-3H3,(H,25,30)(H,26,32)(H2,27,28,31). The van der Waals surface area contributed by atoms with Gasteiger partial charge in [0.15, 0.2) is 6.21 Å². The first kappa shape index (κ1) is 31.5. The van der Waals surface area contributed by atoms with Crippen LogP contribution in [0, 0.1) is 11.1 Å². The van der Waals surface area contributed by atoms with E-state index in [1.54, 1.807) is 13.8 Å². The van der Waals surface area contributed by atoms with E-state index in [0.29, 0.717) is 35.9 Å². The summed E-state index contributed by atoms with van der Waals surface area (Å²) in [4.78, 5) is 35.7. The third-order valence-electron chi connectivity index (χ3n) is 7.37. The van der Waals surface area contributed by atoms with Gasteiger partial charge in [0.05, 0.1) is 31.2 Å². The Hall–Kier alpha value is -2.02. The molecular weight excluding hydrogens is 549 g/mol. The van der Waals surface area contributed by atoms with E-state index in [-0.39, 0.29) is 50.3 Å². The van der Waals surface area contributed by atoms with Crippen molar-refractivity contribution in [3.05, 3.63) is 5.21 Å². The van der Waals surface area contributed by atoms with Crippen LogP contribution in [0.3, 0.4) is 0 Å². The molecule has 0 radical (unpaired) electrons. The van der Waals surface area contributed by atoms with Gasteiger partial charge in [-0.15, -0.1) is 0 Å². The summed E-state index contributed by atoms with van der Waals surface area (Å²) < 4.78 is 30.1. The number of hydrogen-bond acceptors (Lipinski definition) is 9. The minimum Gasteiger partial charge on any atom is -0.623 e. The zero-order chi connectivity index (χ0) is 28.5. The fraction of sp³-hybridized carbons (Fsp3) is 0.833. The fourth-order valence-electron chi connectivity index (χ4n) is 5.12. The largest absolute Gasteiger partial charge is 0.623 e. The van der Waals surface area contributed by atoms with Gasteiger partial charge in [-0.3, -0.25) is 9.36 Å². The monoisotopic (exact) mass is 591 g/mol. The molecule has 4 amide bonds. The van der Waals surface area contributed by atoms with Gasteiger partial charge in [0.1, 0.15) is 6.61 Å².